The van der Waals surface area contributed by atoms with E-state index in [-0.39, 0.29) is 17.4 Å². The van der Waals surface area contributed by atoms with E-state index < -0.39 is 5.91 Å². The second kappa shape index (κ2) is 9.42. The van der Waals surface area contributed by atoms with Crippen LogP contribution in [0.25, 0.3) is 0 Å². The normalized spacial score (nSPS) is 10.5. The predicted octanol–water partition coefficient (Wildman–Crippen LogP) is 0.932. The molecule has 0 saturated carbocycles. The summed E-state index contributed by atoms with van der Waals surface area (Å²) in [6, 6.07) is 7.24. The Morgan fingerprint density at radius 3 is 2.83 bits per heavy atom. The van der Waals surface area contributed by atoms with Gasteiger partial charge in [-0.05, 0) is 17.7 Å². The predicted molar refractivity (Wildman–Crippen MR) is 106 cm³/mol. The Labute approximate surface area is 167 Å². The van der Waals surface area contributed by atoms with Crippen LogP contribution in [-0.4, -0.2) is 51.8 Å². The Bertz CT molecular complexity index is 1000. The Hall–Kier alpha value is -3.79. The summed E-state index contributed by atoms with van der Waals surface area (Å²) in [6.45, 7) is 1.33. The molecular formula is C19H21N7O3. The molecule has 2 heterocycles. The Balaban J connectivity index is 1.63. The van der Waals surface area contributed by atoms with Crippen molar-refractivity contribution in [2.24, 2.45) is 0 Å². The molecule has 0 saturated heterocycles. The monoisotopic (exact) mass is 395 g/mol. The molecule has 0 atom stereocenters. The number of aromatic nitrogens is 4. The average molecular weight is 395 g/mol. The molecule has 0 aliphatic rings. The summed E-state index contributed by atoms with van der Waals surface area (Å²) in [5.74, 6) is -0.582. The van der Waals surface area contributed by atoms with E-state index in [0.717, 1.165) is 5.56 Å². The number of ether oxygens (including phenoxy) is 1. The first kappa shape index (κ1) is 20.0. The SMILES string of the molecule is COCCNC(=O)c1cccc(Cn2cc(NC(=O)c3nccnc3N)cn2)c1. The van der Waals surface area contributed by atoms with Crippen molar-refractivity contribution < 1.29 is 14.3 Å². The summed E-state index contributed by atoms with van der Waals surface area (Å²) in [5, 5.41) is 9.70. The number of nitrogens with zero attached hydrogens (tertiary/aromatic N) is 4. The summed E-state index contributed by atoms with van der Waals surface area (Å²) < 4.78 is 6.58. The lowest BCUT2D eigenvalue weighted by Gasteiger charge is -2.07. The fraction of sp³-hybridized carbons (Fsp3) is 0.211. The van der Waals surface area contributed by atoms with Gasteiger partial charge in [0.1, 0.15) is 0 Å². The summed E-state index contributed by atoms with van der Waals surface area (Å²) in [5.41, 5.74) is 7.65. The lowest BCUT2D eigenvalue weighted by atomic mass is 10.1. The highest BCUT2D eigenvalue weighted by Gasteiger charge is 2.13. The highest BCUT2D eigenvalue weighted by atomic mass is 16.5. The number of hydrogen-bond acceptors (Lipinski definition) is 7. The Kier molecular flexibility index (Phi) is 6.48. The highest BCUT2D eigenvalue weighted by Crippen LogP contribution is 2.12. The number of benzene rings is 1. The molecule has 3 rings (SSSR count). The van der Waals surface area contributed by atoms with Crippen LogP contribution in [0, 0.1) is 0 Å². The van der Waals surface area contributed by atoms with Crippen molar-refractivity contribution in [1.82, 2.24) is 25.1 Å². The smallest absolute Gasteiger partial charge is 0.278 e. The minimum Gasteiger partial charge on any atom is -0.383 e. The molecule has 29 heavy (non-hydrogen) atoms. The first-order valence-corrected chi connectivity index (χ1v) is 8.83. The molecule has 0 aliphatic carbocycles. The van der Waals surface area contributed by atoms with E-state index in [2.05, 4.69) is 25.7 Å². The summed E-state index contributed by atoms with van der Waals surface area (Å²) >= 11 is 0. The van der Waals surface area contributed by atoms with Gasteiger partial charge in [-0.15, -0.1) is 0 Å². The molecule has 0 radical (unpaired) electrons. The zero-order chi connectivity index (χ0) is 20.6. The molecule has 0 aliphatic heterocycles. The van der Waals surface area contributed by atoms with Gasteiger partial charge in [0.15, 0.2) is 11.5 Å². The van der Waals surface area contributed by atoms with Crippen LogP contribution in [0.1, 0.15) is 26.4 Å². The summed E-state index contributed by atoms with van der Waals surface area (Å²) in [7, 11) is 1.58. The number of amides is 2. The molecule has 0 unspecified atom stereocenters. The fourth-order valence-corrected chi connectivity index (χ4v) is 2.60. The zero-order valence-electron chi connectivity index (χ0n) is 15.8. The highest BCUT2D eigenvalue weighted by molar-refractivity contribution is 6.05. The number of hydrogen-bond donors (Lipinski definition) is 3. The van der Waals surface area contributed by atoms with Crippen molar-refractivity contribution in [2.75, 3.05) is 31.3 Å². The van der Waals surface area contributed by atoms with Crippen LogP contribution in [0.3, 0.4) is 0 Å². The van der Waals surface area contributed by atoms with Gasteiger partial charge in [0.05, 0.1) is 25.0 Å². The van der Waals surface area contributed by atoms with Crippen molar-refractivity contribution >= 4 is 23.3 Å². The van der Waals surface area contributed by atoms with Crippen molar-refractivity contribution in [3.63, 3.8) is 0 Å². The van der Waals surface area contributed by atoms with Crippen LogP contribution in [0.5, 0.6) is 0 Å². The molecule has 10 heteroatoms. The van der Waals surface area contributed by atoms with Crippen LogP contribution in [0.4, 0.5) is 11.5 Å². The Morgan fingerprint density at radius 1 is 1.21 bits per heavy atom. The van der Waals surface area contributed by atoms with E-state index in [1.54, 1.807) is 30.1 Å². The quantitative estimate of drug-likeness (QED) is 0.483. The number of carbonyl (C=O) groups is 2. The van der Waals surface area contributed by atoms with Gasteiger partial charge in [0.25, 0.3) is 11.8 Å². The molecule has 3 aromatic rings. The van der Waals surface area contributed by atoms with Gasteiger partial charge in [-0.3, -0.25) is 14.3 Å². The molecule has 2 aromatic heterocycles. The molecule has 0 bridgehead atoms. The van der Waals surface area contributed by atoms with Crippen LogP contribution in [0.15, 0.2) is 49.1 Å². The number of nitrogens with one attached hydrogen (secondary N) is 2. The van der Waals surface area contributed by atoms with Gasteiger partial charge < -0.3 is 21.1 Å². The van der Waals surface area contributed by atoms with Gasteiger partial charge in [-0.2, -0.15) is 5.10 Å². The lowest BCUT2D eigenvalue weighted by Crippen LogP contribution is -2.27. The third kappa shape index (κ3) is 5.36. The van der Waals surface area contributed by atoms with Crippen LogP contribution >= 0.6 is 0 Å². The second-order valence-corrected chi connectivity index (χ2v) is 6.12. The van der Waals surface area contributed by atoms with E-state index in [1.807, 2.05) is 12.1 Å². The fourth-order valence-electron chi connectivity index (χ4n) is 2.60. The number of carbonyl (C=O) groups excluding carboxylic acids is 2. The molecule has 1 aromatic carbocycles. The average Bonchev–Trinajstić information content (AvgIpc) is 3.15. The Morgan fingerprint density at radius 2 is 2.03 bits per heavy atom. The molecule has 0 fully saturated rings. The summed E-state index contributed by atoms with van der Waals surface area (Å²) in [6.07, 6.45) is 6.00. The number of methoxy groups -OCH3 is 1. The second-order valence-electron chi connectivity index (χ2n) is 6.12. The van der Waals surface area contributed by atoms with E-state index in [4.69, 9.17) is 10.5 Å². The summed E-state index contributed by atoms with van der Waals surface area (Å²) in [4.78, 5) is 32.2. The minimum atomic E-state index is -0.468. The van der Waals surface area contributed by atoms with Gasteiger partial charge in [0, 0.05) is 37.8 Å². The van der Waals surface area contributed by atoms with Crippen molar-refractivity contribution in [3.8, 4) is 0 Å². The minimum absolute atomic E-state index is 0.0486. The topological polar surface area (TPSA) is 137 Å². The molecule has 2 amide bonds. The van der Waals surface area contributed by atoms with E-state index in [9.17, 15) is 9.59 Å². The van der Waals surface area contributed by atoms with Gasteiger partial charge in [0.2, 0.25) is 0 Å². The van der Waals surface area contributed by atoms with Gasteiger partial charge in [-0.1, -0.05) is 12.1 Å². The molecule has 150 valence electrons. The maximum absolute atomic E-state index is 12.2. The number of anilines is 2. The third-order valence-corrected chi connectivity index (χ3v) is 3.96. The van der Waals surface area contributed by atoms with Crippen molar-refractivity contribution in [3.05, 3.63) is 65.9 Å². The molecular weight excluding hydrogens is 374 g/mol. The lowest BCUT2D eigenvalue weighted by molar-refractivity contribution is 0.0936. The van der Waals surface area contributed by atoms with Crippen molar-refractivity contribution in [2.45, 2.75) is 6.54 Å². The third-order valence-electron chi connectivity index (χ3n) is 3.96. The largest absolute Gasteiger partial charge is 0.383 e. The maximum Gasteiger partial charge on any atom is 0.278 e. The van der Waals surface area contributed by atoms with E-state index in [0.29, 0.717) is 30.9 Å². The number of nitrogen functional groups attached to an aromatic ring is 1. The van der Waals surface area contributed by atoms with Crippen LogP contribution in [-0.2, 0) is 11.3 Å². The maximum atomic E-state index is 12.2. The number of rotatable bonds is 8. The first-order chi connectivity index (χ1) is 14.1. The van der Waals surface area contributed by atoms with E-state index in [1.165, 1.54) is 18.6 Å². The van der Waals surface area contributed by atoms with Gasteiger partial charge in [-0.25, -0.2) is 9.97 Å². The van der Waals surface area contributed by atoms with Crippen LogP contribution < -0.4 is 16.4 Å². The zero-order valence-corrected chi connectivity index (χ0v) is 15.8. The number of nitrogens with two attached hydrogens (primary N) is 1. The standard InChI is InChI=1S/C19H21N7O3/c1-29-8-7-23-18(27)14-4-2-3-13(9-14)11-26-12-15(10-24-26)25-19(28)16-17(20)22-6-5-21-16/h2-6,9-10,12H,7-8,11H2,1H3,(H2,20,22)(H,23,27)(H,25,28). The molecule has 0 spiro atoms. The van der Waals surface area contributed by atoms with Gasteiger partial charge >= 0.3 is 0 Å². The van der Waals surface area contributed by atoms with Crippen LogP contribution in [0.2, 0.25) is 0 Å². The molecule has 10 nitrogen and oxygen atoms in total. The molecule has 4 N–H and O–H groups in total. The van der Waals surface area contributed by atoms with Crippen molar-refractivity contribution in [1.29, 1.82) is 0 Å². The first-order valence-electron chi connectivity index (χ1n) is 8.83. The van der Waals surface area contributed by atoms with E-state index >= 15 is 0 Å².